The van der Waals surface area contributed by atoms with E-state index in [0.29, 0.717) is 11.3 Å². The summed E-state index contributed by atoms with van der Waals surface area (Å²) in [6.45, 7) is 0.0308. The van der Waals surface area contributed by atoms with Crippen molar-refractivity contribution in [3.8, 4) is 5.75 Å². The highest BCUT2D eigenvalue weighted by Crippen LogP contribution is 2.18. The summed E-state index contributed by atoms with van der Waals surface area (Å²) in [6.07, 6.45) is 0. The smallest absolute Gasteiger partial charge is 0.240 e. The van der Waals surface area contributed by atoms with Crippen molar-refractivity contribution in [3.63, 3.8) is 0 Å². The highest BCUT2D eigenvalue weighted by atomic mass is 32.2. The van der Waals surface area contributed by atoms with Crippen LogP contribution in [0.1, 0.15) is 11.1 Å². The van der Waals surface area contributed by atoms with E-state index in [-0.39, 0.29) is 18.0 Å². The Morgan fingerprint density at radius 2 is 1.76 bits per heavy atom. The average Bonchev–Trinajstić information content (AvgIpc) is 2.53. The van der Waals surface area contributed by atoms with Gasteiger partial charge in [0.05, 0.1) is 18.6 Å². The minimum Gasteiger partial charge on any atom is -0.496 e. The first-order valence-corrected chi connectivity index (χ1v) is 7.86. The molecule has 0 aliphatic rings. The Morgan fingerprint density at radius 3 is 2.38 bits per heavy atom. The molecule has 0 amide bonds. The zero-order valence-corrected chi connectivity index (χ0v) is 12.4. The van der Waals surface area contributed by atoms with Crippen molar-refractivity contribution in [1.29, 1.82) is 0 Å². The molecule has 2 aromatic carbocycles. The minimum atomic E-state index is -3.60. The maximum Gasteiger partial charge on any atom is 0.240 e. The van der Waals surface area contributed by atoms with Gasteiger partial charge < -0.3 is 9.84 Å². The molecule has 0 radical (unpaired) electrons. The lowest BCUT2D eigenvalue weighted by molar-refractivity contribution is 0.282. The molecule has 5 nitrogen and oxygen atoms in total. The van der Waals surface area contributed by atoms with Crippen molar-refractivity contribution in [2.45, 2.75) is 18.0 Å². The first-order valence-electron chi connectivity index (χ1n) is 6.38. The van der Waals surface area contributed by atoms with Gasteiger partial charge >= 0.3 is 0 Å². The van der Waals surface area contributed by atoms with Gasteiger partial charge in [0.15, 0.2) is 0 Å². The van der Waals surface area contributed by atoms with Crippen LogP contribution in [0.25, 0.3) is 0 Å². The van der Waals surface area contributed by atoms with Gasteiger partial charge in [0.1, 0.15) is 5.75 Å². The van der Waals surface area contributed by atoms with Crippen molar-refractivity contribution in [1.82, 2.24) is 4.72 Å². The zero-order chi connectivity index (χ0) is 15.3. The molecule has 0 aliphatic heterocycles. The van der Waals surface area contributed by atoms with Crippen LogP contribution in [0.2, 0.25) is 0 Å². The molecule has 6 heteroatoms. The van der Waals surface area contributed by atoms with Gasteiger partial charge in [-0.15, -0.1) is 0 Å². The molecule has 2 N–H and O–H groups in total. The highest BCUT2D eigenvalue weighted by Gasteiger charge is 2.14. The van der Waals surface area contributed by atoms with Gasteiger partial charge in [0, 0.05) is 12.1 Å². The molecule has 0 bridgehead atoms. The number of aliphatic hydroxyl groups excluding tert-OH is 1. The third-order valence-corrected chi connectivity index (χ3v) is 4.48. The predicted molar refractivity (Wildman–Crippen MR) is 79.4 cm³/mol. The van der Waals surface area contributed by atoms with E-state index in [0.717, 1.165) is 5.56 Å². The lowest BCUT2D eigenvalue weighted by Gasteiger charge is -2.10. The third kappa shape index (κ3) is 3.81. The molecular formula is C15H17NO4S. The highest BCUT2D eigenvalue weighted by molar-refractivity contribution is 7.89. The van der Waals surface area contributed by atoms with Crippen molar-refractivity contribution < 1.29 is 18.3 Å². The van der Waals surface area contributed by atoms with Crippen LogP contribution in [0.15, 0.2) is 53.4 Å². The topological polar surface area (TPSA) is 75.6 Å². The van der Waals surface area contributed by atoms with E-state index in [2.05, 4.69) is 4.72 Å². The summed E-state index contributed by atoms with van der Waals surface area (Å²) in [5.41, 5.74) is 1.43. The molecule has 0 spiro atoms. The monoisotopic (exact) mass is 307 g/mol. The first-order chi connectivity index (χ1) is 10.1. The van der Waals surface area contributed by atoms with E-state index in [1.807, 2.05) is 12.1 Å². The Kier molecular flexibility index (Phi) is 4.95. The van der Waals surface area contributed by atoms with E-state index in [1.54, 1.807) is 31.4 Å². The number of sulfonamides is 1. The van der Waals surface area contributed by atoms with E-state index in [4.69, 9.17) is 9.84 Å². The van der Waals surface area contributed by atoms with Crippen LogP contribution in [0.5, 0.6) is 5.75 Å². The van der Waals surface area contributed by atoms with Crippen LogP contribution >= 0.6 is 0 Å². The fraction of sp³-hybridized carbons (Fsp3) is 0.200. The second-order valence-corrected chi connectivity index (χ2v) is 6.21. The van der Waals surface area contributed by atoms with E-state index in [1.165, 1.54) is 12.1 Å². The molecule has 0 aromatic heterocycles. The molecule has 0 fully saturated rings. The van der Waals surface area contributed by atoms with E-state index >= 15 is 0 Å². The second-order valence-electron chi connectivity index (χ2n) is 4.44. The number of hydrogen-bond donors (Lipinski definition) is 2. The quantitative estimate of drug-likeness (QED) is 0.851. The average molecular weight is 307 g/mol. The minimum absolute atomic E-state index is 0.116. The summed E-state index contributed by atoms with van der Waals surface area (Å²) >= 11 is 0. The molecule has 0 atom stereocenters. The van der Waals surface area contributed by atoms with Gasteiger partial charge in [0.2, 0.25) is 10.0 Å². The van der Waals surface area contributed by atoms with Crippen LogP contribution in [0.3, 0.4) is 0 Å². The molecular weight excluding hydrogens is 290 g/mol. The molecule has 0 unspecified atom stereocenters. The van der Waals surface area contributed by atoms with Crippen molar-refractivity contribution in [2.24, 2.45) is 0 Å². The Morgan fingerprint density at radius 1 is 1.10 bits per heavy atom. The van der Waals surface area contributed by atoms with Crippen LogP contribution in [-0.2, 0) is 23.2 Å². The Balaban J connectivity index is 2.13. The van der Waals surface area contributed by atoms with E-state index < -0.39 is 10.0 Å². The molecule has 0 saturated carbocycles. The van der Waals surface area contributed by atoms with Gasteiger partial charge in [-0.05, 0) is 23.8 Å². The molecule has 0 heterocycles. The number of benzene rings is 2. The van der Waals surface area contributed by atoms with Crippen LogP contribution in [0, 0.1) is 0 Å². The summed E-state index contributed by atoms with van der Waals surface area (Å²) in [4.78, 5) is 0.162. The number of aliphatic hydroxyl groups is 1. The van der Waals surface area contributed by atoms with Crippen molar-refractivity contribution >= 4 is 10.0 Å². The second kappa shape index (κ2) is 6.71. The normalized spacial score (nSPS) is 11.3. The Hall–Kier alpha value is -1.89. The van der Waals surface area contributed by atoms with Gasteiger partial charge in [-0.3, -0.25) is 0 Å². The van der Waals surface area contributed by atoms with Crippen LogP contribution in [0.4, 0.5) is 0 Å². The number of nitrogens with one attached hydrogen (secondary N) is 1. The molecule has 2 rings (SSSR count). The number of ether oxygens (including phenoxy) is 1. The lowest BCUT2D eigenvalue weighted by atomic mass is 10.2. The predicted octanol–water partition coefficient (Wildman–Crippen LogP) is 1.67. The van der Waals surface area contributed by atoms with Gasteiger partial charge in [-0.25, -0.2) is 13.1 Å². The fourth-order valence-corrected chi connectivity index (χ4v) is 2.89. The molecule has 112 valence electrons. The first kappa shape index (κ1) is 15.5. The van der Waals surface area contributed by atoms with Crippen molar-refractivity contribution in [3.05, 3.63) is 59.7 Å². The van der Waals surface area contributed by atoms with Crippen LogP contribution in [-0.4, -0.2) is 20.6 Å². The fourth-order valence-electron chi connectivity index (χ4n) is 1.88. The van der Waals surface area contributed by atoms with Crippen molar-refractivity contribution in [2.75, 3.05) is 7.11 Å². The summed E-state index contributed by atoms with van der Waals surface area (Å²) in [5, 5.41) is 8.96. The SMILES string of the molecule is COc1ccccc1CNS(=O)(=O)c1ccc(CO)cc1. The molecule has 0 saturated heterocycles. The summed E-state index contributed by atoms with van der Waals surface area (Å²) in [5.74, 6) is 0.635. The van der Waals surface area contributed by atoms with Gasteiger partial charge in [-0.1, -0.05) is 30.3 Å². The Bertz CT molecular complexity index is 696. The number of methoxy groups -OCH3 is 1. The Labute approximate surface area is 124 Å². The number of para-hydroxylation sites is 1. The maximum atomic E-state index is 12.2. The largest absolute Gasteiger partial charge is 0.496 e. The van der Waals surface area contributed by atoms with Crippen LogP contribution < -0.4 is 9.46 Å². The summed E-state index contributed by atoms with van der Waals surface area (Å²) < 4.78 is 32.1. The lowest BCUT2D eigenvalue weighted by Crippen LogP contribution is -2.23. The van der Waals surface area contributed by atoms with Gasteiger partial charge in [0.25, 0.3) is 0 Å². The summed E-state index contributed by atoms with van der Waals surface area (Å²) in [6, 6.07) is 13.3. The third-order valence-electron chi connectivity index (χ3n) is 3.06. The molecule has 0 aliphatic carbocycles. The molecule has 21 heavy (non-hydrogen) atoms. The standard InChI is InChI=1S/C15H17NO4S/c1-20-15-5-3-2-4-13(15)10-16-21(18,19)14-8-6-12(11-17)7-9-14/h2-9,16-17H,10-11H2,1H3. The van der Waals surface area contributed by atoms with Gasteiger partial charge in [-0.2, -0.15) is 0 Å². The summed E-state index contributed by atoms with van der Waals surface area (Å²) in [7, 11) is -2.05. The van der Waals surface area contributed by atoms with E-state index in [9.17, 15) is 8.42 Å². The number of hydrogen-bond acceptors (Lipinski definition) is 4. The zero-order valence-electron chi connectivity index (χ0n) is 11.6. The number of rotatable bonds is 6. The molecule has 2 aromatic rings. The maximum absolute atomic E-state index is 12.2.